The van der Waals surface area contributed by atoms with Crippen molar-refractivity contribution in [2.75, 3.05) is 5.32 Å². The van der Waals surface area contributed by atoms with E-state index in [9.17, 15) is 9.59 Å². The number of rotatable bonds is 5. The highest BCUT2D eigenvalue weighted by Gasteiger charge is 2.27. The zero-order valence-electron chi connectivity index (χ0n) is 11.5. The Labute approximate surface area is 112 Å². The van der Waals surface area contributed by atoms with Crippen LogP contribution in [0.5, 0.6) is 0 Å². The minimum absolute atomic E-state index is 0.134. The summed E-state index contributed by atoms with van der Waals surface area (Å²) >= 11 is 0. The summed E-state index contributed by atoms with van der Waals surface area (Å²) in [5.41, 5.74) is 6.40. The van der Waals surface area contributed by atoms with Crippen LogP contribution in [0.25, 0.3) is 0 Å². The van der Waals surface area contributed by atoms with Crippen LogP contribution in [0.1, 0.15) is 42.6 Å². The van der Waals surface area contributed by atoms with E-state index in [2.05, 4.69) is 5.32 Å². The molecule has 1 rings (SSSR count). The fourth-order valence-electron chi connectivity index (χ4n) is 1.79. The zero-order valence-corrected chi connectivity index (χ0v) is 11.5. The Morgan fingerprint density at radius 2 is 2.05 bits per heavy atom. The SMILES string of the molecule is CCCC(C)(N)C(=O)Nc1cc(C(=O)O)ccc1C. The van der Waals surface area contributed by atoms with E-state index in [0.29, 0.717) is 12.1 Å². The monoisotopic (exact) mass is 264 g/mol. The Morgan fingerprint density at radius 1 is 1.42 bits per heavy atom. The molecule has 0 saturated carbocycles. The Hall–Kier alpha value is -1.88. The van der Waals surface area contributed by atoms with Crippen molar-refractivity contribution in [2.45, 2.75) is 39.2 Å². The molecule has 0 aliphatic carbocycles. The van der Waals surface area contributed by atoms with E-state index in [4.69, 9.17) is 10.8 Å². The number of aromatic carboxylic acids is 1. The molecule has 104 valence electrons. The molecule has 0 fully saturated rings. The van der Waals surface area contributed by atoms with Crippen molar-refractivity contribution in [3.05, 3.63) is 29.3 Å². The molecular formula is C14H20N2O3. The molecule has 1 unspecified atom stereocenters. The number of aryl methyl sites for hydroxylation is 1. The third-order valence-electron chi connectivity index (χ3n) is 3.02. The minimum atomic E-state index is -1.03. The van der Waals surface area contributed by atoms with Crippen LogP contribution >= 0.6 is 0 Å². The number of hydrogen-bond acceptors (Lipinski definition) is 3. The highest BCUT2D eigenvalue weighted by atomic mass is 16.4. The molecule has 5 heteroatoms. The van der Waals surface area contributed by atoms with Gasteiger partial charge in [0.1, 0.15) is 0 Å². The predicted octanol–water partition coefficient (Wildman–Crippen LogP) is 2.15. The van der Waals surface area contributed by atoms with Gasteiger partial charge in [-0.3, -0.25) is 4.79 Å². The van der Waals surface area contributed by atoms with Crippen molar-refractivity contribution in [1.29, 1.82) is 0 Å². The van der Waals surface area contributed by atoms with Crippen molar-refractivity contribution in [1.82, 2.24) is 0 Å². The summed E-state index contributed by atoms with van der Waals surface area (Å²) in [4.78, 5) is 23.0. The fourth-order valence-corrected chi connectivity index (χ4v) is 1.79. The quantitative estimate of drug-likeness (QED) is 0.759. The van der Waals surface area contributed by atoms with E-state index in [1.54, 1.807) is 19.9 Å². The van der Waals surface area contributed by atoms with Crippen molar-refractivity contribution >= 4 is 17.6 Å². The van der Waals surface area contributed by atoms with Gasteiger partial charge >= 0.3 is 5.97 Å². The number of benzene rings is 1. The first kappa shape index (κ1) is 15.2. The Balaban J connectivity index is 2.96. The lowest BCUT2D eigenvalue weighted by Gasteiger charge is -2.23. The Morgan fingerprint density at radius 3 is 2.58 bits per heavy atom. The first-order valence-corrected chi connectivity index (χ1v) is 6.22. The molecule has 1 aromatic carbocycles. The Kier molecular flexibility index (Phi) is 4.67. The fraction of sp³-hybridized carbons (Fsp3) is 0.429. The van der Waals surface area contributed by atoms with Gasteiger partial charge in [0.25, 0.3) is 0 Å². The van der Waals surface area contributed by atoms with Crippen LogP contribution in [0.15, 0.2) is 18.2 Å². The van der Waals surface area contributed by atoms with E-state index in [-0.39, 0.29) is 11.5 Å². The highest BCUT2D eigenvalue weighted by molar-refractivity contribution is 5.99. The molecule has 4 N–H and O–H groups in total. The second-order valence-corrected chi connectivity index (χ2v) is 4.96. The average molecular weight is 264 g/mol. The number of nitrogens with two attached hydrogens (primary N) is 1. The van der Waals surface area contributed by atoms with Crippen LogP contribution < -0.4 is 11.1 Å². The van der Waals surface area contributed by atoms with E-state index in [0.717, 1.165) is 12.0 Å². The molecule has 0 radical (unpaired) electrons. The van der Waals surface area contributed by atoms with Crippen LogP contribution in [0, 0.1) is 6.92 Å². The maximum absolute atomic E-state index is 12.1. The van der Waals surface area contributed by atoms with E-state index < -0.39 is 11.5 Å². The van der Waals surface area contributed by atoms with Crippen LogP contribution in [-0.2, 0) is 4.79 Å². The van der Waals surface area contributed by atoms with Crippen LogP contribution in [0.4, 0.5) is 5.69 Å². The summed E-state index contributed by atoms with van der Waals surface area (Å²) in [5, 5.41) is 11.6. The number of carboxylic acid groups (broad SMARTS) is 1. The van der Waals surface area contributed by atoms with Crippen molar-refractivity contribution in [2.24, 2.45) is 5.73 Å². The molecule has 1 atom stereocenters. The first-order valence-electron chi connectivity index (χ1n) is 6.22. The van der Waals surface area contributed by atoms with Gasteiger partial charge in [-0.1, -0.05) is 19.4 Å². The molecule has 1 amide bonds. The maximum atomic E-state index is 12.1. The number of carbonyl (C=O) groups is 2. The van der Waals surface area contributed by atoms with Gasteiger partial charge in [-0.15, -0.1) is 0 Å². The van der Waals surface area contributed by atoms with Crippen LogP contribution in [0.3, 0.4) is 0 Å². The largest absolute Gasteiger partial charge is 0.478 e. The number of hydrogen-bond donors (Lipinski definition) is 3. The zero-order chi connectivity index (χ0) is 14.6. The highest BCUT2D eigenvalue weighted by Crippen LogP contribution is 2.19. The summed E-state index contributed by atoms with van der Waals surface area (Å²) in [6.07, 6.45) is 1.37. The standard InChI is InChI=1S/C14H20N2O3/c1-4-7-14(3,15)13(19)16-11-8-10(12(17)18)6-5-9(11)2/h5-6,8H,4,7,15H2,1-3H3,(H,16,19)(H,17,18). The van der Waals surface area contributed by atoms with Crippen LogP contribution in [0.2, 0.25) is 0 Å². The van der Waals surface area contributed by atoms with Crippen molar-refractivity contribution in [3.63, 3.8) is 0 Å². The van der Waals surface area contributed by atoms with Crippen molar-refractivity contribution < 1.29 is 14.7 Å². The number of carbonyl (C=O) groups excluding carboxylic acids is 1. The predicted molar refractivity (Wildman–Crippen MR) is 74.3 cm³/mol. The number of amides is 1. The molecule has 5 nitrogen and oxygen atoms in total. The topological polar surface area (TPSA) is 92.4 Å². The summed E-state index contributed by atoms with van der Waals surface area (Å²) < 4.78 is 0. The summed E-state index contributed by atoms with van der Waals surface area (Å²) in [6, 6.07) is 4.60. The summed E-state index contributed by atoms with van der Waals surface area (Å²) in [7, 11) is 0. The summed E-state index contributed by atoms with van der Waals surface area (Å²) in [6.45, 7) is 5.42. The smallest absolute Gasteiger partial charge is 0.335 e. The number of nitrogens with one attached hydrogen (secondary N) is 1. The molecule has 0 aliphatic heterocycles. The first-order chi connectivity index (χ1) is 8.77. The van der Waals surface area contributed by atoms with Gasteiger partial charge in [0.2, 0.25) is 5.91 Å². The molecule has 0 spiro atoms. The third kappa shape index (κ3) is 3.79. The summed E-state index contributed by atoms with van der Waals surface area (Å²) in [5.74, 6) is -1.33. The van der Waals surface area contributed by atoms with E-state index >= 15 is 0 Å². The number of carboxylic acids is 1. The van der Waals surface area contributed by atoms with Crippen LogP contribution in [-0.4, -0.2) is 22.5 Å². The Bertz CT molecular complexity index is 495. The maximum Gasteiger partial charge on any atom is 0.335 e. The van der Waals surface area contributed by atoms with E-state index in [1.807, 2.05) is 6.92 Å². The lowest BCUT2D eigenvalue weighted by Crippen LogP contribution is -2.48. The second kappa shape index (κ2) is 5.84. The molecular weight excluding hydrogens is 244 g/mol. The van der Waals surface area contributed by atoms with Gasteiger partial charge in [0.05, 0.1) is 11.1 Å². The average Bonchev–Trinajstić information content (AvgIpc) is 2.31. The second-order valence-electron chi connectivity index (χ2n) is 4.96. The molecule has 0 aromatic heterocycles. The van der Waals surface area contributed by atoms with E-state index in [1.165, 1.54) is 12.1 Å². The minimum Gasteiger partial charge on any atom is -0.478 e. The lowest BCUT2D eigenvalue weighted by atomic mass is 9.96. The van der Waals surface area contributed by atoms with Gasteiger partial charge < -0.3 is 16.2 Å². The molecule has 19 heavy (non-hydrogen) atoms. The van der Waals surface area contributed by atoms with Gasteiger partial charge in [0.15, 0.2) is 0 Å². The van der Waals surface area contributed by atoms with Gasteiger partial charge in [-0.25, -0.2) is 4.79 Å². The molecule has 0 bridgehead atoms. The molecule has 1 aromatic rings. The molecule has 0 saturated heterocycles. The lowest BCUT2D eigenvalue weighted by molar-refractivity contribution is -0.120. The molecule has 0 heterocycles. The van der Waals surface area contributed by atoms with Gasteiger partial charge in [-0.05, 0) is 38.0 Å². The van der Waals surface area contributed by atoms with Crippen molar-refractivity contribution in [3.8, 4) is 0 Å². The van der Waals surface area contributed by atoms with Gasteiger partial charge in [-0.2, -0.15) is 0 Å². The van der Waals surface area contributed by atoms with Gasteiger partial charge in [0, 0.05) is 5.69 Å². The third-order valence-corrected chi connectivity index (χ3v) is 3.02. The normalized spacial score (nSPS) is 13.7. The molecule has 0 aliphatic rings. The number of anilines is 1.